The number of nitrogens with two attached hydrogens (primary N) is 1. The van der Waals surface area contributed by atoms with Crippen molar-refractivity contribution in [3.05, 3.63) is 53.6 Å². The van der Waals surface area contributed by atoms with Crippen molar-refractivity contribution >= 4 is 21.4 Å². The largest absolute Gasteiger partial charge is 0.399 e. The lowest BCUT2D eigenvalue weighted by molar-refractivity contribution is 0.510. The molecule has 2 rings (SSSR count). The standard InChI is InChI=1S/C12H8F4N2O2S/c13-7-2-1-3-10(11(7)16)18-21(19,20)12-8(14)4-6(17)5-9(12)15/h1-5,18H,17H2. The van der Waals surface area contributed by atoms with Gasteiger partial charge in [0.15, 0.2) is 16.5 Å². The van der Waals surface area contributed by atoms with Gasteiger partial charge in [0, 0.05) is 5.69 Å². The van der Waals surface area contributed by atoms with Gasteiger partial charge in [0.1, 0.15) is 11.6 Å². The number of sulfonamides is 1. The Kier molecular flexibility index (Phi) is 3.77. The van der Waals surface area contributed by atoms with E-state index in [1.54, 1.807) is 4.72 Å². The van der Waals surface area contributed by atoms with Crippen LogP contribution in [-0.4, -0.2) is 8.42 Å². The zero-order chi connectivity index (χ0) is 15.8. The quantitative estimate of drug-likeness (QED) is 0.674. The molecule has 0 radical (unpaired) electrons. The second kappa shape index (κ2) is 5.24. The lowest BCUT2D eigenvalue weighted by Gasteiger charge is -2.11. The van der Waals surface area contributed by atoms with Crippen molar-refractivity contribution in [2.45, 2.75) is 4.90 Å². The fourth-order valence-electron chi connectivity index (χ4n) is 1.61. The highest BCUT2D eigenvalue weighted by Gasteiger charge is 2.26. The van der Waals surface area contributed by atoms with Crippen molar-refractivity contribution < 1.29 is 26.0 Å². The number of hydrogen-bond donors (Lipinski definition) is 2. The van der Waals surface area contributed by atoms with Crippen LogP contribution >= 0.6 is 0 Å². The highest BCUT2D eigenvalue weighted by atomic mass is 32.2. The van der Waals surface area contributed by atoms with E-state index in [2.05, 4.69) is 0 Å². The lowest BCUT2D eigenvalue weighted by Crippen LogP contribution is -2.18. The van der Waals surface area contributed by atoms with Crippen LogP contribution in [-0.2, 0) is 10.0 Å². The first kappa shape index (κ1) is 15.1. The van der Waals surface area contributed by atoms with E-state index in [1.807, 2.05) is 0 Å². The molecular weight excluding hydrogens is 312 g/mol. The summed E-state index contributed by atoms with van der Waals surface area (Å²) in [7, 11) is -4.79. The predicted molar refractivity (Wildman–Crippen MR) is 67.9 cm³/mol. The molecular formula is C12H8F4N2O2S. The van der Waals surface area contributed by atoms with E-state index in [1.165, 1.54) is 0 Å². The van der Waals surface area contributed by atoms with E-state index in [-0.39, 0.29) is 5.69 Å². The Labute approximate surface area is 117 Å². The molecule has 0 saturated carbocycles. The fraction of sp³-hybridized carbons (Fsp3) is 0. The average Bonchev–Trinajstić information content (AvgIpc) is 2.33. The summed E-state index contributed by atoms with van der Waals surface area (Å²) < 4.78 is 78.9. The molecule has 2 aromatic rings. The van der Waals surface area contributed by atoms with Gasteiger partial charge in [-0.3, -0.25) is 4.72 Å². The van der Waals surface area contributed by atoms with Crippen LogP contribution in [0, 0.1) is 23.3 Å². The monoisotopic (exact) mass is 320 g/mol. The summed E-state index contributed by atoms with van der Waals surface area (Å²) in [6.07, 6.45) is 0. The normalized spacial score (nSPS) is 11.4. The van der Waals surface area contributed by atoms with Crippen LogP contribution in [0.5, 0.6) is 0 Å². The minimum atomic E-state index is -4.79. The van der Waals surface area contributed by atoms with Crippen molar-refractivity contribution in [1.29, 1.82) is 0 Å². The van der Waals surface area contributed by atoms with Gasteiger partial charge >= 0.3 is 0 Å². The minimum absolute atomic E-state index is 0.319. The molecule has 0 fully saturated rings. The molecule has 21 heavy (non-hydrogen) atoms. The maximum atomic E-state index is 13.6. The Hall–Kier alpha value is -2.29. The van der Waals surface area contributed by atoms with Gasteiger partial charge in [-0.15, -0.1) is 0 Å². The van der Waals surface area contributed by atoms with Crippen molar-refractivity contribution in [2.75, 3.05) is 10.5 Å². The Bertz CT molecular complexity index is 786. The first-order valence-corrected chi connectivity index (χ1v) is 6.92. The number of benzene rings is 2. The molecule has 0 saturated heterocycles. The van der Waals surface area contributed by atoms with E-state index >= 15 is 0 Å². The summed E-state index contributed by atoms with van der Waals surface area (Å²) in [6.45, 7) is 0. The maximum Gasteiger partial charge on any atom is 0.267 e. The van der Waals surface area contributed by atoms with Gasteiger partial charge in [0.25, 0.3) is 10.0 Å². The van der Waals surface area contributed by atoms with Crippen LogP contribution in [0.15, 0.2) is 35.2 Å². The molecule has 0 atom stereocenters. The Morgan fingerprint density at radius 1 is 0.952 bits per heavy atom. The van der Waals surface area contributed by atoms with Gasteiger partial charge < -0.3 is 5.73 Å². The van der Waals surface area contributed by atoms with Crippen molar-refractivity contribution in [3.63, 3.8) is 0 Å². The second-order valence-corrected chi connectivity index (χ2v) is 5.64. The van der Waals surface area contributed by atoms with E-state index < -0.39 is 43.9 Å². The predicted octanol–water partition coefficient (Wildman–Crippen LogP) is 2.63. The summed E-state index contributed by atoms with van der Waals surface area (Å²) >= 11 is 0. The van der Waals surface area contributed by atoms with Gasteiger partial charge in [-0.05, 0) is 24.3 Å². The van der Waals surface area contributed by atoms with Gasteiger partial charge in [-0.1, -0.05) is 6.07 Å². The van der Waals surface area contributed by atoms with Crippen molar-refractivity contribution in [1.82, 2.24) is 0 Å². The average molecular weight is 320 g/mol. The molecule has 112 valence electrons. The topological polar surface area (TPSA) is 72.2 Å². The number of anilines is 2. The summed E-state index contributed by atoms with van der Waals surface area (Å²) in [4.78, 5) is -1.33. The Balaban J connectivity index is 2.51. The maximum absolute atomic E-state index is 13.6. The Morgan fingerprint density at radius 3 is 2.10 bits per heavy atom. The second-order valence-electron chi connectivity index (χ2n) is 4.02. The van der Waals surface area contributed by atoms with E-state index in [9.17, 15) is 26.0 Å². The van der Waals surface area contributed by atoms with Crippen LogP contribution in [0.2, 0.25) is 0 Å². The smallest absolute Gasteiger partial charge is 0.267 e. The van der Waals surface area contributed by atoms with E-state index in [0.29, 0.717) is 12.1 Å². The van der Waals surface area contributed by atoms with Crippen LogP contribution < -0.4 is 10.5 Å². The van der Waals surface area contributed by atoms with Gasteiger partial charge in [-0.2, -0.15) is 0 Å². The van der Waals surface area contributed by atoms with Crippen molar-refractivity contribution in [2.24, 2.45) is 0 Å². The van der Waals surface area contributed by atoms with Crippen LogP contribution in [0.4, 0.5) is 28.9 Å². The molecule has 0 aliphatic carbocycles. The highest BCUT2D eigenvalue weighted by molar-refractivity contribution is 7.92. The van der Waals surface area contributed by atoms with Gasteiger partial charge in [0.05, 0.1) is 5.69 Å². The summed E-state index contributed by atoms with van der Waals surface area (Å²) in [5.41, 5.74) is 4.07. The summed E-state index contributed by atoms with van der Waals surface area (Å²) in [5.74, 6) is -5.69. The molecule has 4 nitrogen and oxygen atoms in total. The van der Waals surface area contributed by atoms with Crippen LogP contribution in [0.25, 0.3) is 0 Å². The first-order valence-electron chi connectivity index (χ1n) is 5.43. The number of nitrogen functional groups attached to an aromatic ring is 1. The third-order valence-corrected chi connectivity index (χ3v) is 3.90. The molecule has 0 unspecified atom stereocenters. The highest BCUT2D eigenvalue weighted by Crippen LogP contribution is 2.25. The van der Waals surface area contributed by atoms with E-state index in [4.69, 9.17) is 5.73 Å². The zero-order valence-corrected chi connectivity index (χ0v) is 11.0. The van der Waals surface area contributed by atoms with Gasteiger partial charge in [0.2, 0.25) is 0 Å². The Morgan fingerprint density at radius 2 is 1.52 bits per heavy atom. The fourth-order valence-corrected chi connectivity index (χ4v) is 2.80. The molecule has 9 heteroatoms. The lowest BCUT2D eigenvalue weighted by atomic mass is 10.3. The molecule has 0 aliphatic rings. The number of rotatable bonds is 3. The van der Waals surface area contributed by atoms with Crippen molar-refractivity contribution in [3.8, 4) is 0 Å². The first-order chi connectivity index (χ1) is 9.72. The summed E-state index contributed by atoms with van der Waals surface area (Å²) in [6, 6.07) is 3.89. The number of hydrogen-bond acceptors (Lipinski definition) is 3. The van der Waals surface area contributed by atoms with Crippen LogP contribution in [0.3, 0.4) is 0 Å². The molecule has 0 bridgehead atoms. The molecule has 3 N–H and O–H groups in total. The van der Waals surface area contributed by atoms with Crippen LogP contribution in [0.1, 0.15) is 0 Å². The molecule has 0 heterocycles. The zero-order valence-electron chi connectivity index (χ0n) is 10.2. The molecule has 0 aromatic heterocycles. The molecule has 0 spiro atoms. The molecule has 0 amide bonds. The van der Waals surface area contributed by atoms with E-state index in [0.717, 1.165) is 18.2 Å². The molecule has 2 aromatic carbocycles. The third-order valence-electron chi connectivity index (χ3n) is 2.49. The molecule has 0 aliphatic heterocycles. The third kappa shape index (κ3) is 2.92. The van der Waals surface area contributed by atoms with Gasteiger partial charge in [-0.25, -0.2) is 26.0 Å². The summed E-state index contributed by atoms with van der Waals surface area (Å²) in [5, 5.41) is 0. The SMILES string of the molecule is Nc1cc(F)c(S(=O)(=O)Nc2cccc(F)c2F)c(F)c1. The number of halogens is 4. The minimum Gasteiger partial charge on any atom is -0.399 e. The number of nitrogens with one attached hydrogen (secondary N) is 1.